The molecule has 0 fully saturated rings. The summed E-state index contributed by atoms with van der Waals surface area (Å²) < 4.78 is 22.2. The van der Waals surface area contributed by atoms with Gasteiger partial charge in [0, 0.05) is 6.20 Å². The molecule has 3 heterocycles. The van der Waals surface area contributed by atoms with E-state index in [0.29, 0.717) is 11.7 Å². The van der Waals surface area contributed by atoms with Gasteiger partial charge in [-0.05, 0) is 23.9 Å². The summed E-state index contributed by atoms with van der Waals surface area (Å²) >= 11 is 0.972. The third kappa shape index (κ3) is 2.00. The summed E-state index contributed by atoms with van der Waals surface area (Å²) in [7, 11) is -3.75. The number of aliphatic imine (C=N–C) groups is 1. The molecule has 0 amide bonds. The van der Waals surface area contributed by atoms with Crippen LogP contribution in [-0.4, -0.2) is 34.5 Å². The number of nitrogens with zero attached hydrogens (tertiary/aromatic N) is 4. The lowest BCUT2D eigenvalue weighted by Crippen LogP contribution is -2.20. The lowest BCUT2D eigenvalue weighted by Gasteiger charge is -2.08. The number of sulfonamides is 1. The molecular formula is C9H9N5O2S2. The number of aromatic nitrogens is 1. The Hall–Kier alpha value is -1.45. The molecule has 1 aromatic heterocycles. The number of hydrazone groups is 1. The van der Waals surface area contributed by atoms with E-state index in [9.17, 15) is 8.42 Å². The van der Waals surface area contributed by atoms with Crippen molar-refractivity contribution in [1.82, 2.24) is 9.99 Å². The van der Waals surface area contributed by atoms with Crippen molar-refractivity contribution >= 4 is 31.3 Å². The summed E-state index contributed by atoms with van der Waals surface area (Å²) in [6.07, 6.45) is 1.70. The first kappa shape index (κ1) is 11.6. The van der Waals surface area contributed by atoms with Crippen LogP contribution < -0.4 is 5.14 Å². The molecule has 0 saturated heterocycles. The second-order valence-corrected chi connectivity index (χ2v) is 6.47. The zero-order valence-electron chi connectivity index (χ0n) is 9.09. The zero-order chi connectivity index (χ0) is 12.8. The Morgan fingerprint density at radius 1 is 1.44 bits per heavy atom. The molecule has 18 heavy (non-hydrogen) atoms. The molecule has 2 aliphatic rings. The van der Waals surface area contributed by atoms with Crippen LogP contribution in [0.3, 0.4) is 0 Å². The molecule has 94 valence electrons. The van der Waals surface area contributed by atoms with E-state index in [2.05, 4.69) is 15.1 Å². The average Bonchev–Trinajstić information content (AvgIpc) is 2.86. The van der Waals surface area contributed by atoms with Crippen LogP contribution >= 0.6 is 11.8 Å². The van der Waals surface area contributed by atoms with Crippen molar-refractivity contribution in [2.75, 3.05) is 6.54 Å². The predicted octanol–water partition coefficient (Wildman–Crippen LogP) is 0.101. The van der Waals surface area contributed by atoms with E-state index >= 15 is 0 Å². The van der Waals surface area contributed by atoms with Gasteiger partial charge >= 0.3 is 0 Å². The Morgan fingerprint density at radius 3 is 2.89 bits per heavy atom. The van der Waals surface area contributed by atoms with Crippen molar-refractivity contribution in [2.45, 2.75) is 6.04 Å². The standard InChI is InChI=1S/C9H9N5O2S2/c10-18(15,16)9-13-14-5-7(12-8(14)17-9)6-3-1-2-4-11-6/h1-4,7H,5H2,(H2,10,15,16). The van der Waals surface area contributed by atoms with Crippen LogP contribution in [0.2, 0.25) is 0 Å². The summed E-state index contributed by atoms with van der Waals surface area (Å²) in [5, 5.41) is 11.1. The molecule has 2 N–H and O–H groups in total. The van der Waals surface area contributed by atoms with E-state index in [1.165, 1.54) is 0 Å². The first-order valence-electron chi connectivity index (χ1n) is 5.09. The van der Waals surface area contributed by atoms with Gasteiger partial charge in [0.2, 0.25) is 4.38 Å². The van der Waals surface area contributed by atoms with Crippen LogP contribution in [0.15, 0.2) is 34.5 Å². The number of fused-ring (bicyclic) bond motifs is 1. The van der Waals surface area contributed by atoms with Crippen LogP contribution in [-0.2, 0) is 10.0 Å². The monoisotopic (exact) mass is 283 g/mol. The number of rotatable bonds is 1. The van der Waals surface area contributed by atoms with Gasteiger partial charge in [-0.25, -0.2) is 23.6 Å². The van der Waals surface area contributed by atoms with Crippen LogP contribution in [0, 0.1) is 0 Å². The Bertz CT molecular complexity index is 640. The van der Waals surface area contributed by atoms with Gasteiger partial charge in [-0.1, -0.05) is 6.07 Å². The minimum absolute atomic E-state index is 0.110. The summed E-state index contributed by atoms with van der Waals surface area (Å²) in [6, 6.07) is 5.49. The minimum Gasteiger partial charge on any atom is -0.259 e. The number of hydrogen-bond acceptors (Lipinski definition) is 7. The normalized spacial score (nSPS) is 22.7. The Kier molecular flexibility index (Phi) is 2.61. The number of nitrogens with two attached hydrogens (primary N) is 1. The molecule has 0 aliphatic carbocycles. The fraction of sp³-hybridized carbons (Fsp3) is 0.222. The lowest BCUT2D eigenvalue weighted by molar-refractivity contribution is 0.459. The molecular weight excluding hydrogens is 274 g/mol. The third-order valence-corrected chi connectivity index (χ3v) is 4.76. The summed E-state index contributed by atoms with van der Waals surface area (Å²) in [5.74, 6) is 0. The number of pyridine rings is 1. The van der Waals surface area contributed by atoms with Gasteiger partial charge < -0.3 is 0 Å². The van der Waals surface area contributed by atoms with Gasteiger partial charge in [-0.2, -0.15) is 0 Å². The van der Waals surface area contributed by atoms with E-state index in [0.717, 1.165) is 17.5 Å². The number of amidine groups is 1. The van der Waals surface area contributed by atoms with E-state index < -0.39 is 10.0 Å². The number of thioether (sulfide) groups is 1. The summed E-state index contributed by atoms with van der Waals surface area (Å²) in [5.41, 5.74) is 0.840. The van der Waals surface area contributed by atoms with E-state index in [1.807, 2.05) is 18.2 Å². The topological polar surface area (TPSA) is 101 Å². The zero-order valence-corrected chi connectivity index (χ0v) is 10.7. The highest BCUT2D eigenvalue weighted by Gasteiger charge is 2.36. The molecule has 1 aromatic rings. The van der Waals surface area contributed by atoms with E-state index in [4.69, 9.17) is 5.14 Å². The van der Waals surface area contributed by atoms with Crippen LogP contribution in [0.5, 0.6) is 0 Å². The Balaban J connectivity index is 1.83. The fourth-order valence-electron chi connectivity index (χ4n) is 1.69. The number of hydrogen-bond donors (Lipinski definition) is 1. The van der Waals surface area contributed by atoms with Crippen molar-refractivity contribution < 1.29 is 8.42 Å². The second kappa shape index (κ2) is 4.04. The summed E-state index contributed by atoms with van der Waals surface area (Å²) in [6.45, 7) is 0.484. The predicted molar refractivity (Wildman–Crippen MR) is 69.3 cm³/mol. The molecule has 0 radical (unpaired) electrons. The molecule has 1 atom stereocenters. The molecule has 0 saturated carbocycles. The lowest BCUT2D eigenvalue weighted by atomic mass is 10.2. The highest BCUT2D eigenvalue weighted by Crippen LogP contribution is 2.33. The van der Waals surface area contributed by atoms with Crippen LogP contribution in [0.4, 0.5) is 0 Å². The van der Waals surface area contributed by atoms with Crippen LogP contribution in [0.25, 0.3) is 0 Å². The van der Waals surface area contributed by atoms with Gasteiger partial charge in [-0.3, -0.25) is 4.98 Å². The molecule has 0 aromatic carbocycles. The molecule has 0 spiro atoms. The second-order valence-electron chi connectivity index (χ2n) is 3.78. The first-order chi connectivity index (χ1) is 8.54. The SMILES string of the molecule is NS(=O)(=O)C1=NN2CC(c3ccccn3)N=C2S1. The average molecular weight is 283 g/mol. The van der Waals surface area contributed by atoms with Crippen molar-refractivity contribution in [3.05, 3.63) is 30.1 Å². The molecule has 7 nitrogen and oxygen atoms in total. The fourth-order valence-corrected chi connectivity index (χ4v) is 3.29. The van der Waals surface area contributed by atoms with Gasteiger partial charge in [0.15, 0.2) is 5.17 Å². The Labute approximate surface area is 108 Å². The van der Waals surface area contributed by atoms with E-state index in [1.54, 1.807) is 11.2 Å². The van der Waals surface area contributed by atoms with Crippen molar-refractivity contribution in [2.24, 2.45) is 15.2 Å². The van der Waals surface area contributed by atoms with Gasteiger partial charge in [0.25, 0.3) is 10.0 Å². The largest absolute Gasteiger partial charge is 0.264 e. The molecule has 1 unspecified atom stereocenters. The van der Waals surface area contributed by atoms with Gasteiger partial charge in [0.05, 0.1) is 12.2 Å². The minimum atomic E-state index is -3.75. The van der Waals surface area contributed by atoms with Gasteiger partial charge in [-0.15, -0.1) is 5.10 Å². The summed E-state index contributed by atoms with van der Waals surface area (Å²) in [4.78, 5) is 8.61. The molecule has 0 bridgehead atoms. The third-order valence-electron chi connectivity index (χ3n) is 2.49. The maximum absolute atomic E-state index is 11.1. The molecule has 9 heteroatoms. The smallest absolute Gasteiger partial charge is 0.259 e. The van der Waals surface area contributed by atoms with Crippen LogP contribution in [0.1, 0.15) is 11.7 Å². The Morgan fingerprint density at radius 2 is 2.28 bits per heavy atom. The highest BCUT2D eigenvalue weighted by molar-refractivity contribution is 8.42. The van der Waals surface area contributed by atoms with E-state index in [-0.39, 0.29) is 10.4 Å². The number of primary sulfonamides is 1. The van der Waals surface area contributed by atoms with Crippen molar-refractivity contribution in [3.63, 3.8) is 0 Å². The quantitative estimate of drug-likeness (QED) is 0.787. The van der Waals surface area contributed by atoms with Crippen molar-refractivity contribution in [3.8, 4) is 0 Å². The highest BCUT2D eigenvalue weighted by atomic mass is 32.3. The van der Waals surface area contributed by atoms with Crippen molar-refractivity contribution in [1.29, 1.82) is 0 Å². The van der Waals surface area contributed by atoms with Gasteiger partial charge in [0.1, 0.15) is 6.04 Å². The molecule has 2 aliphatic heterocycles. The maximum Gasteiger partial charge on any atom is 0.264 e. The first-order valence-corrected chi connectivity index (χ1v) is 7.46. The maximum atomic E-state index is 11.1. The molecule has 3 rings (SSSR count).